The van der Waals surface area contributed by atoms with Gasteiger partial charge in [-0.05, 0) is 61.1 Å². The number of likely N-dealkylation sites (tertiary alicyclic amines) is 2. The van der Waals surface area contributed by atoms with Crippen LogP contribution in [0.2, 0.25) is 0 Å². The summed E-state index contributed by atoms with van der Waals surface area (Å²) in [5.74, 6) is 0.120. The van der Waals surface area contributed by atoms with Crippen LogP contribution in [0.3, 0.4) is 0 Å². The summed E-state index contributed by atoms with van der Waals surface area (Å²) in [4.78, 5) is 30.7. The Hall–Kier alpha value is -2.90. The van der Waals surface area contributed by atoms with Gasteiger partial charge in [0.15, 0.2) is 0 Å². The molecule has 7 nitrogen and oxygen atoms in total. The van der Waals surface area contributed by atoms with E-state index in [1.165, 1.54) is 11.1 Å². The summed E-state index contributed by atoms with van der Waals surface area (Å²) in [6.45, 7) is 6.04. The molecule has 7 heteroatoms. The number of carbonyl (C=O) groups is 2. The molecule has 0 unspecified atom stereocenters. The third-order valence-corrected chi connectivity index (χ3v) is 7.91. The lowest BCUT2D eigenvalue weighted by atomic mass is 9.94. The number of piperidine rings is 2. The van der Waals surface area contributed by atoms with Crippen LogP contribution in [-0.4, -0.2) is 82.5 Å². The Balaban J connectivity index is 1.13. The van der Waals surface area contributed by atoms with Crippen molar-refractivity contribution in [3.63, 3.8) is 0 Å². The standard InChI is InChI=1S/C28H36N4O3/c1-20(33)30-15-11-25(12-16-30)29-24-8-6-22(7-9-24)28(35)32-17-13-26(27(34)19-32)31-14-10-21-4-2-3-5-23(21)18-31/h2-9,25-27,29,34H,10-19H2,1H3/t26-,27-/m1/s1. The highest BCUT2D eigenvalue weighted by molar-refractivity contribution is 5.94. The molecule has 0 aromatic heterocycles. The summed E-state index contributed by atoms with van der Waals surface area (Å²) in [6.07, 6.45) is 3.11. The summed E-state index contributed by atoms with van der Waals surface area (Å²) >= 11 is 0. The van der Waals surface area contributed by atoms with Gasteiger partial charge in [-0.25, -0.2) is 0 Å². The third-order valence-electron chi connectivity index (χ3n) is 7.91. The van der Waals surface area contributed by atoms with E-state index in [1.54, 1.807) is 11.8 Å². The Labute approximate surface area is 207 Å². The zero-order valence-electron chi connectivity index (χ0n) is 20.5. The van der Waals surface area contributed by atoms with E-state index in [2.05, 4.69) is 34.5 Å². The monoisotopic (exact) mass is 476 g/mol. The first-order chi connectivity index (χ1) is 17.0. The average molecular weight is 477 g/mol. The molecular formula is C28H36N4O3. The van der Waals surface area contributed by atoms with E-state index >= 15 is 0 Å². The number of nitrogens with one attached hydrogen (secondary N) is 1. The highest BCUT2D eigenvalue weighted by Crippen LogP contribution is 2.26. The molecule has 186 valence electrons. The van der Waals surface area contributed by atoms with Crippen molar-refractivity contribution in [1.29, 1.82) is 0 Å². The number of aliphatic hydroxyl groups excluding tert-OH is 1. The van der Waals surface area contributed by atoms with Crippen LogP contribution in [0, 0.1) is 0 Å². The first-order valence-corrected chi connectivity index (χ1v) is 12.9. The molecular weight excluding hydrogens is 440 g/mol. The van der Waals surface area contributed by atoms with Gasteiger partial charge in [-0.3, -0.25) is 14.5 Å². The lowest BCUT2D eigenvalue weighted by Gasteiger charge is -2.43. The highest BCUT2D eigenvalue weighted by atomic mass is 16.3. The van der Waals surface area contributed by atoms with Crippen LogP contribution in [0.1, 0.15) is 47.7 Å². The van der Waals surface area contributed by atoms with Gasteiger partial charge in [0.1, 0.15) is 0 Å². The maximum atomic E-state index is 13.1. The largest absolute Gasteiger partial charge is 0.390 e. The zero-order chi connectivity index (χ0) is 24.4. The first kappa shape index (κ1) is 23.8. The van der Waals surface area contributed by atoms with Crippen LogP contribution in [0.5, 0.6) is 0 Å². The predicted octanol–water partition coefficient (Wildman–Crippen LogP) is 2.74. The van der Waals surface area contributed by atoms with Crippen molar-refractivity contribution in [1.82, 2.24) is 14.7 Å². The predicted molar refractivity (Wildman–Crippen MR) is 136 cm³/mol. The number of fused-ring (bicyclic) bond motifs is 1. The number of aliphatic hydroxyl groups is 1. The van der Waals surface area contributed by atoms with E-state index in [0.29, 0.717) is 24.7 Å². The SMILES string of the molecule is CC(=O)N1CCC(Nc2ccc(C(=O)N3CC[C@@H](N4CCc5ccccc5C4)[C@H](O)C3)cc2)CC1. The molecule has 0 aliphatic carbocycles. The van der Waals surface area contributed by atoms with Crippen molar-refractivity contribution in [3.8, 4) is 0 Å². The van der Waals surface area contributed by atoms with Crippen LogP contribution in [-0.2, 0) is 17.8 Å². The summed E-state index contributed by atoms with van der Waals surface area (Å²) in [5, 5.41) is 14.5. The van der Waals surface area contributed by atoms with E-state index in [4.69, 9.17) is 0 Å². The minimum Gasteiger partial charge on any atom is -0.390 e. The quantitative estimate of drug-likeness (QED) is 0.710. The average Bonchev–Trinajstić information content (AvgIpc) is 2.88. The molecule has 2 amide bonds. The summed E-state index contributed by atoms with van der Waals surface area (Å²) in [7, 11) is 0. The number of amides is 2. The molecule has 2 N–H and O–H groups in total. The Morgan fingerprint density at radius 1 is 0.886 bits per heavy atom. The van der Waals surface area contributed by atoms with Gasteiger partial charge in [-0.15, -0.1) is 0 Å². The van der Waals surface area contributed by atoms with Crippen molar-refractivity contribution in [3.05, 3.63) is 65.2 Å². The number of benzene rings is 2. The molecule has 5 rings (SSSR count). The number of β-amino-alcohol motifs (C(OH)–C–C–N with tert-alkyl or cyclic N) is 1. The fourth-order valence-corrected chi connectivity index (χ4v) is 5.80. The van der Waals surface area contributed by atoms with Crippen molar-refractivity contribution in [2.75, 3.05) is 38.0 Å². The maximum absolute atomic E-state index is 13.1. The fourth-order valence-electron chi connectivity index (χ4n) is 5.80. The molecule has 2 aromatic rings. The van der Waals surface area contributed by atoms with E-state index in [9.17, 15) is 14.7 Å². The number of anilines is 1. The molecule has 3 aliphatic rings. The van der Waals surface area contributed by atoms with Crippen LogP contribution >= 0.6 is 0 Å². The normalized spacial score (nSPS) is 23.6. The van der Waals surface area contributed by atoms with E-state index in [1.807, 2.05) is 29.2 Å². The van der Waals surface area contributed by atoms with Crippen LogP contribution < -0.4 is 5.32 Å². The second-order valence-corrected chi connectivity index (χ2v) is 10.2. The lowest BCUT2D eigenvalue weighted by molar-refractivity contribution is -0.129. The molecule has 0 radical (unpaired) electrons. The Bertz CT molecular complexity index is 1050. The van der Waals surface area contributed by atoms with Gasteiger partial charge in [0, 0.05) is 69.5 Å². The van der Waals surface area contributed by atoms with Crippen molar-refractivity contribution in [2.24, 2.45) is 0 Å². The van der Waals surface area contributed by atoms with Gasteiger partial charge in [0.05, 0.1) is 6.10 Å². The summed E-state index contributed by atoms with van der Waals surface area (Å²) in [6, 6.07) is 16.6. The molecule has 2 atom stereocenters. The first-order valence-electron chi connectivity index (χ1n) is 12.9. The Morgan fingerprint density at radius 3 is 2.26 bits per heavy atom. The summed E-state index contributed by atoms with van der Waals surface area (Å²) < 4.78 is 0. The molecule has 0 saturated carbocycles. The minimum absolute atomic E-state index is 0.0205. The molecule has 0 bridgehead atoms. The van der Waals surface area contributed by atoms with Crippen LogP contribution in [0.4, 0.5) is 5.69 Å². The second kappa shape index (κ2) is 10.4. The number of carbonyl (C=O) groups excluding carboxylic acids is 2. The molecule has 35 heavy (non-hydrogen) atoms. The summed E-state index contributed by atoms with van der Waals surface area (Å²) in [5.41, 5.74) is 4.40. The molecule has 0 spiro atoms. The number of hydrogen-bond acceptors (Lipinski definition) is 5. The van der Waals surface area contributed by atoms with Crippen LogP contribution in [0.15, 0.2) is 48.5 Å². The molecule has 2 saturated heterocycles. The Kier molecular flexibility index (Phi) is 7.07. The molecule has 3 heterocycles. The zero-order valence-corrected chi connectivity index (χ0v) is 20.5. The molecule has 2 aromatic carbocycles. The second-order valence-electron chi connectivity index (χ2n) is 10.2. The topological polar surface area (TPSA) is 76.1 Å². The van der Waals surface area contributed by atoms with Crippen molar-refractivity contribution < 1.29 is 14.7 Å². The smallest absolute Gasteiger partial charge is 0.253 e. The number of hydrogen-bond donors (Lipinski definition) is 2. The number of rotatable bonds is 4. The molecule has 2 fully saturated rings. The van der Waals surface area contributed by atoms with E-state index < -0.39 is 6.10 Å². The third kappa shape index (κ3) is 5.36. The highest BCUT2D eigenvalue weighted by Gasteiger charge is 2.35. The fraction of sp³-hybridized carbons (Fsp3) is 0.500. The lowest BCUT2D eigenvalue weighted by Crippen LogP contribution is -2.56. The van der Waals surface area contributed by atoms with Gasteiger partial charge in [0.2, 0.25) is 5.91 Å². The van der Waals surface area contributed by atoms with Gasteiger partial charge < -0.3 is 20.2 Å². The Morgan fingerprint density at radius 2 is 1.57 bits per heavy atom. The van der Waals surface area contributed by atoms with Gasteiger partial charge >= 0.3 is 0 Å². The minimum atomic E-state index is -0.542. The molecule has 3 aliphatic heterocycles. The van der Waals surface area contributed by atoms with Gasteiger partial charge in [-0.2, -0.15) is 0 Å². The van der Waals surface area contributed by atoms with Crippen molar-refractivity contribution in [2.45, 2.75) is 57.3 Å². The van der Waals surface area contributed by atoms with E-state index in [0.717, 1.165) is 57.5 Å². The number of nitrogens with zero attached hydrogens (tertiary/aromatic N) is 3. The van der Waals surface area contributed by atoms with Crippen molar-refractivity contribution >= 4 is 17.5 Å². The van der Waals surface area contributed by atoms with Crippen LogP contribution in [0.25, 0.3) is 0 Å². The van der Waals surface area contributed by atoms with E-state index in [-0.39, 0.29) is 17.9 Å². The maximum Gasteiger partial charge on any atom is 0.253 e. The van der Waals surface area contributed by atoms with Gasteiger partial charge in [0.25, 0.3) is 5.91 Å². The van der Waals surface area contributed by atoms with Gasteiger partial charge in [-0.1, -0.05) is 24.3 Å².